The molecule has 0 aromatic rings. The first kappa shape index (κ1) is 17.9. The highest BCUT2D eigenvalue weighted by molar-refractivity contribution is 6.75. The maximum atomic E-state index is 11.7. The summed E-state index contributed by atoms with van der Waals surface area (Å²) in [6, 6.07) is 0. The van der Waals surface area contributed by atoms with Gasteiger partial charge in [-0.3, -0.25) is 14.9 Å². The molecule has 120 valence electrons. The van der Waals surface area contributed by atoms with Gasteiger partial charge in [0, 0.05) is 40.0 Å². The van der Waals surface area contributed by atoms with Gasteiger partial charge in [-0.15, -0.1) is 0 Å². The van der Waals surface area contributed by atoms with E-state index in [1.807, 2.05) is 0 Å². The number of hydrogen-bond acceptors (Lipinski definition) is 7. The molecule has 21 heavy (non-hydrogen) atoms. The maximum Gasteiger partial charge on any atom is 0.542 e. The molecule has 0 aliphatic carbocycles. The molecule has 0 aromatic heterocycles. The van der Waals surface area contributed by atoms with Crippen molar-refractivity contribution in [2.24, 2.45) is 5.73 Å². The molecule has 0 saturated carbocycles. The van der Waals surface area contributed by atoms with Gasteiger partial charge in [0.25, 0.3) is 11.8 Å². The molecule has 0 atom stereocenters. The van der Waals surface area contributed by atoms with Crippen LogP contribution in [0.5, 0.6) is 0 Å². The number of hydrogen-bond donors (Lipinski definition) is 3. The lowest BCUT2D eigenvalue weighted by Gasteiger charge is -2.26. The Balaban J connectivity index is 2.48. The zero-order chi connectivity index (χ0) is 15.7. The summed E-state index contributed by atoms with van der Waals surface area (Å²) >= 11 is 0. The smallest absolute Gasteiger partial charge is 0.373 e. The third-order valence-electron chi connectivity index (χ3n) is 2.99. The summed E-state index contributed by atoms with van der Waals surface area (Å²) in [6.45, 7) is 2.62. The van der Waals surface area contributed by atoms with Crippen molar-refractivity contribution < 1.29 is 22.9 Å². The van der Waals surface area contributed by atoms with Crippen molar-refractivity contribution in [3.05, 3.63) is 11.3 Å². The molecule has 0 saturated heterocycles. The van der Waals surface area contributed by atoms with E-state index >= 15 is 0 Å². The van der Waals surface area contributed by atoms with Gasteiger partial charge in [0.05, 0.1) is 5.20 Å². The lowest BCUT2D eigenvalue weighted by Crippen LogP contribution is -2.49. The second-order valence-corrected chi connectivity index (χ2v) is 7.19. The first-order chi connectivity index (χ1) is 10.1. The first-order valence-corrected chi connectivity index (χ1v) is 8.54. The second kappa shape index (κ2) is 9.03. The van der Waals surface area contributed by atoms with Crippen molar-refractivity contribution in [3.8, 4) is 0 Å². The summed E-state index contributed by atoms with van der Waals surface area (Å²) in [5.41, 5.74) is 5.37. The molecule has 1 aliphatic rings. The minimum absolute atomic E-state index is 0.152. The van der Waals surface area contributed by atoms with Crippen LogP contribution in [0.4, 0.5) is 0 Å². The van der Waals surface area contributed by atoms with Gasteiger partial charge in [0.15, 0.2) is 0 Å². The highest BCUT2D eigenvalue weighted by Crippen LogP contribution is 2.21. The van der Waals surface area contributed by atoms with Gasteiger partial charge in [-0.1, -0.05) is 0 Å². The average Bonchev–Trinajstić information content (AvgIpc) is 2.82. The van der Waals surface area contributed by atoms with E-state index in [1.165, 1.54) is 20.3 Å². The Morgan fingerprint density at radius 3 is 2.48 bits per heavy atom. The summed E-state index contributed by atoms with van der Waals surface area (Å²) < 4.78 is 16.3. The standard InChI is InChI=1S/C12H23N3O5Si/c1-18-21(19-2,10-9-11(16)15-12(10)17)20-8-4-3-6-14-7-5-13/h9,14H,3-8,13H2,1-2H3,(H,15,16,17). The van der Waals surface area contributed by atoms with E-state index in [2.05, 4.69) is 10.6 Å². The van der Waals surface area contributed by atoms with Gasteiger partial charge in [-0.25, -0.2) is 0 Å². The summed E-state index contributed by atoms with van der Waals surface area (Å²) in [6.07, 6.45) is 2.87. The Kier molecular flexibility index (Phi) is 7.71. The van der Waals surface area contributed by atoms with E-state index in [1.54, 1.807) is 0 Å². The van der Waals surface area contributed by atoms with E-state index in [0.717, 1.165) is 25.9 Å². The number of amides is 2. The SMILES string of the molecule is CO[Si](OC)(OCCCCNCCN)C1=CC(=O)NC1=O. The third-order valence-corrected chi connectivity index (χ3v) is 5.68. The van der Waals surface area contributed by atoms with E-state index in [0.29, 0.717) is 13.2 Å². The van der Waals surface area contributed by atoms with Crippen LogP contribution in [0, 0.1) is 0 Å². The van der Waals surface area contributed by atoms with E-state index in [4.69, 9.17) is 19.0 Å². The third kappa shape index (κ3) is 4.99. The van der Waals surface area contributed by atoms with Crippen LogP contribution >= 0.6 is 0 Å². The fourth-order valence-corrected chi connectivity index (χ4v) is 3.98. The number of nitrogens with two attached hydrogens (primary N) is 1. The lowest BCUT2D eigenvalue weighted by molar-refractivity contribution is -0.123. The maximum absolute atomic E-state index is 11.7. The predicted molar refractivity (Wildman–Crippen MR) is 78.1 cm³/mol. The number of imide groups is 1. The van der Waals surface area contributed by atoms with Crippen LogP contribution < -0.4 is 16.4 Å². The molecule has 0 fully saturated rings. The number of rotatable bonds is 11. The monoisotopic (exact) mass is 317 g/mol. The molecule has 4 N–H and O–H groups in total. The summed E-state index contributed by atoms with van der Waals surface area (Å²) in [5, 5.41) is 5.50. The Morgan fingerprint density at radius 2 is 1.95 bits per heavy atom. The fraction of sp³-hybridized carbons (Fsp3) is 0.667. The Hall–Kier alpha value is -1.10. The van der Waals surface area contributed by atoms with Crippen LogP contribution in [-0.4, -0.2) is 61.1 Å². The zero-order valence-corrected chi connectivity index (χ0v) is 13.4. The molecule has 0 bridgehead atoms. The largest absolute Gasteiger partial charge is 0.542 e. The first-order valence-electron chi connectivity index (χ1n) is 6.82. The van der Waals surface area contributed by atoms with Crippen LogP contribution in [0.1, 0.15) is 12.8 Å². The number of carbonyl (C=O) groups is 2. The molecule has 0 aromatic carbocycles. The van der Waals surface area contributed by atoms with Crippen molar-refractivity contribution in [2.45, 2.75) is 12.8 Å². The van der Waals surface area contributed by atoms with Gasteiger partial charge in [-0.05, 0) is 19.4 Å². The van der Waals surface area contributed by atoms with Crippen LogP contribution in [0.15, 0.2) is 11.3 Å². The van der Waals surface area contributed by atoms with Crippen molar-refractivity contribution in [1.29, 1.82) is 0 Å². The summed E-state index contributed by atoms with van der Waals surface area (Å²) in [4.78, 5) is 23.0. The number of unbranched alkanes of at least 4 members (excludes halogenated alkanes) is 1. The van der Waals surface area contributed by atoms with Crippen molar-refractivity contribution in [2.75, 3.05) is 40.5 Å². The van der Waals surface area contributed by atoms with Gasteiger partial charge >= 0.3 is 8.80 Å². The molecule has 1 aliphatic heterocycles. The molecule has 1 heterocycles. The molecule has 9 heteroatoms. The summed E-state index contributed by atoms with van der Waals surface area (Å²) in [7, 11) is -0.479. The van der Waals surface area contributed by atoms with Gasteiger partial charge in [0.2, 0.25) is 0 Å². The molecule has 1 rings (SSSR count). The average molecular weight is 317 g/mol. The Labute approximate surface area is 125 Å². The minimum Gasteiger partial charge on any atom is -0.373 e. The molecule has 0 radical (unpaired) electrons. The van der Waals surface area contributed by atoms with Crippen LogP contribution in [-0.2, 0) is 22.9 Å². The zero-order valence-electron chi connectivity index (χ0n) is 12.4. The Bertz CT molecular complexity index is 398. The molecule has 0 spiro atoms. The second-order valence-electron chi connectivity index (χ2n) is 4.44. The Morgan fingerprint density at radius 1 is 1.24 bits per heavy atom. The molecule has 2 amide bonds. The fourth-order valence-electron chi connectivity index (χ4n) is 1.92. The van der Waals surface area contributed by atoms with E-state index in [-0.39, 0.29) is 5.20 Å². The lowest BCUT2D eigenvalue weighted by atomic mass is 10.3. The minimum atomic E-state index is -3.30. The van der Waals surface area contributed by atoms with Gasteiger partial charge in [0.1, 0.15) is 0 Å². The van der Waals surface area contributed by atoms with Gasteiger partial charge < -0.3 is 24.3 Å². The molecule has 0 unspecified atom stereocenters. The van der Waals surface area contributed by atoms with Crippen LogP contribution in [0.25, 0.3) is 0 Å². The normalized spacial score (nSPS) is 15.3. The number of nitrogens with one attached hydrogen (secondary N) is 2. The quantitative estimate of drug-likeness (QED) is 0.246. The highest BCUT2D eigenvalue weighted by atomic mass is 28.4. The van der Waals surface area contributed by atoms with Gasteiger partial charge in [-0.2, -0.15) is 0 Å². The molecular formula is C12H23N3O5Si. The van der Waals surface area contributed by atoms with Crippen molar-refractivity contribution >= 4 is 20.6 Å². The highest BCUT2D eigenvalue weighted by Gasteiger charge is 2.50. The molecular weight excluding hydrogens is 294 g/mol. The van der Waals surface area contributed by atoms with Crippen LogP contribution in [0.3, 0.4) is 0 Å². The number of carbonyl (C=O) groups excluding carboxylic acids is 2. The van der Waals surface area contributed by atoms with E-state index < -0.39 is 20.6 Å². The predicted octanol–water partition coefficient (Wildman–Crippen LogP) is -1.31. The van der Waals surface area contributed by atoms with Crippen molar-refractivity contribution in [1.82, 2.24) is 10.6 Å². The molecule has 8 nitrogen and oxygen atoms in total. The topological polar surface area (TPSA) is 112 Å². The summed E-state index contributed by atoms with van der Waals surface area (Å²) in [5.74, 6) is -0.990. The van der Waals surface area contributed by atoms with E-state index in [9.17, 15) is 9.59 Å². The van der Waals surface area contributed by atoms with Crippen molar-refractivity contribution in [3.63, 3.8) is 0 Å². The van der Waals surface area contributed by atoms with Crippen LogP contribution in [0.2, 0.25) is 0 Å².